The van der Waals surface area contributed by atoms with Crippen LogP contribution < -0.4 is 4.74 Å². The van der Waals surface area contributed by atoms with E-state index in [2.05, 4.69) is 15.9 Å². The van der Waals surface area contributed by atoms with Crippen molar-refractivity contribution in [2.24, 2.45) is 0 Å². The molecule has 4 heteroatoms. The number of Topliss-reactive ketones (excluding diaryl/α,β-unsaturated/α-hetero) is 1. The summed E-state index contributed by atoms with van der Waals surface area (Å²) in [4.78, 5) is 11.6. The molecule has 0 heterocycles. The molecule has 0 spiro atoms. The summed E-state index contributed by atoms with van der Waals surface area (Å²) in [6, 6.07) is 5.22. The average molecular weight is 273 g/mol. The molecule has 0 bridgehead atoms. The van der Waals surface area contributed by atoms with Crippen molar-refractivity contribution in [1.29, 1.82) is 0 Å². The Hall–Kier alpha value is -0.870. The van der Waals surface area contributed by atoms with Crippen molar-refractivity contribution in [3.05, 3.63) is 28.2 Å². The Labute approximate surface area is 97.5 Å². The number of hydrogen-bond donors (Lipinski definition) is 0. The number of methoxy groups -OCH3 is 1. The molecular formula is C11H13BrO3. The lowest BCUT2D eigenvalue weighted by Gasteiger charge is -2.05. The fourth-order valence-corrected chi connectivity index (χ4v) is 1.66. The maximum atomic E-state index is 11.6. The molecule has 82 valence electrons. The van der Waals surface area contributed by atoms with Gasteiger partial charge in [-0.1, -0.05) is 0 Å². The molecule has 0 fully saturated rings. The van der Waals surface area contributed by atoms with Crippen molar-refractivity contribution < 1.29 is 14.3 Å². The number of carbonyl (C=O) groups is 1. The van der Waals surface area contributed by atoms with Crippen LogP contribution in [0.4, 0.5) is 0 Å². The lowest BCUT2D eigenvalue weighted by Crippen LogP contribution is -2.08. The van der Waals surface area contributed by atoms with Crippen LogP contribution in [0.3, 0.4) is 0 Å². The van der Waals surface area contributed by atoms with Crippen LogP contribution in [0.1, 0.15) is 17.3 Å². The van der Waals surface area contributed by atoms with Crippen molar-refractivity contribution in [2.45, 2.75) is 6.92 Å². The average Bonchev–Trinajstić information content (AvgIpc) is 2.25. The van der Waals surface area contributed by atoms with Crippen molar-refractivity contribution in [3.8, 4) is 5.75 Å². The van der Waals surface area contributed by atoms with E-state index < -0.39 is 0 Å². The molecule has 0 aliphatic carbocycles. The third-order valence-electron chi connectivity index (χ3n) is 1.91. The molecular weight excluding hydrogens is 260 g/mol. The summed E-state index contributed by atoms with van der Waals surface area (Å²) < 4.78 is 10.9. The zero-order valence-corrected chi connectivity index (χ0v) is 10.3. The third-order valence-corrected chi connectivity index (χ3v) is 2.53. The normalized spacial score (nSPS) is 10.1. The quantitative estimate of drug-likeness (QED) is 0.774. The van der Waals surface area contributed by atoms with Gasteiger partial charge >= 0.3 is 0 Å². The molecule has 0 atom stereocenters. The SMILES string of the molecule is CCOCC(=O)c1ccc(OC)c(Br)c1. The second kappa shape index (κ2) is 5.88. The molecule has 15 heavy (non-hydrogen) atoms. The Morgan fingerprint density at radius 1 is 1.47 bits per heavy atom. The van der Waals surface area contributed by atoms with Crippen LogP contribution in [-0.2, 0) is 4.74 Å². The van der Waals surface area contributed by atoms with E-state index in [1.54, 1.807) is 25.3 Å². The van der Waals surface area contributed by atoms with Crippen LogP contribution >= 0.6 is 15.9 Å². The van der Waals surface area contributed by atoms with Gasteiger partial charge < -0.3 is 9.47 Å². The Bertz CT molecular complexity index is 350. The molecule has 0 N–H and O–H groups in total. The number of ether oxygens (including phenoxy) is 2. The molecule has 0 aliphatic heterocycles. The summed E-state index contributed by atoms with van der Waals surface area (Å²) in [7, 11) is 1.59. The highest BCUT2D eigenvalue weighted by molar-refractivity contribution is 9.10. The first-order chi connectivity index (χ1) is 7.19. The van der Waals surface area contributed by atoms with Gasteiger partial charge in [0.05, 0.1) is 11.6 Å². The van der Waals surface area contributed by atoms with Crippen molar-refractivity contribution in [2.75, 3.05) is 20.3 Å². The summed E-state index contributed by atoms with van der Waals surface area (Å²) in [5.74, 6) is 0.683. The summed E-state index contributed by atoms with van der Waals surface area (Å²) in [5.41, 5.74) is 0.621. The Kier molecular flexibility index (Phi) is 4.78. The molecule has 0 radical (unpaired) electrons. The monoisotopic (exact) mass is 272 g/mol. The Balaban J connectivity index is 2.78. The molecule has 1 aromatic rings. The summed E-state index contributed by atoms with van der Waals surface area (Å²) in [6.07, 6.45) is 0. The number of halogens is 1. The van der Waals surface area contributed by atoms with Gasteiger partial charge in [0.25, 0.3) is 0 Å². The first-order valence-corrected chi connectivity index (χ1v) is 5.42. The van der Waals surface area contributed by atoms with E-state index in [1.807, 2.05) is 6.92 Å². The van der Waals surface area contributed by atoms with E-state index in [9.17, 15) is 4.79 Å². The van der Waals surface area contributed by atoms with E-state index in [-0.39, 0.29) is 12.4 Å². The predicted molar refractivity (Wildman–Crippen MR) is 61.5 cm³/mol. The van der Waals surface area contributed by atoms with Gasteiger partial charge in [0.15, 0.2) is 5.78 Å². The largest absolute Gasteiger partial charge is 0.496 e. The van der Waals surface area contributed by atoms with E-state index in [4.69, 9.17) is 9.47 Å². The van der Waals surface area contributed by atoms with Crippen LogP contribution in [0.15, 0.2) is 22.7 Å². The standard InChI is InChI=1S/C11H13BrO3/c1-3-15-7-10(13)8-4-5-11(14-2)9(12)6-8/h4-6H,3,7H2,1-2H3. The van der Waals surface area contributed by atoms with Gasteiger partial charge in [-0.15, -0.1) is 0 Å². The van der Waals surface area contributed by atoms with Gasteiger partial charge in [-0.05, 0) is 41.1 Å². The summed E-state index contributed by atoms with van der Waals surface area (Å²) in [6.45, 7) is 2.52. The van der Waals surface area contributed by atoms with Crippen LogP contribution in [0, 0.1) is 0 Å². The van der Waals surface area contributed by atoms with Gasteiger partial charge in [0.2, 0.25) is 0 Å². The van der Waals surface area contributed by atoms with Gasteiger partial charge in [0, 0.05) is 12.2 Å². The number of hydrogen-bond acceptors (Lipinski definition) is 3. The van der Waals surface area contributed by atoms with Crippen LogP contribution in [0.2, 0.25) is 0 Å². The minimum absolute atomic E-state index is 0.0276. The molecule has 0 aromatic heterocycles. The van der Waals surface area contributed by atoms with Gasteiger partial charge in [0.1, 0.15) is 12.4 Å². The van der Waals surface area contributed by atoms with Crippen molar-refractivity contribution in [3.63, 3.8) is 0 Å². The maximum Gasteiger partial charge on any atom is 0.188 e. The lowest BCUT2D eigenvalue weighted by molar-refractivity contribution is 0.0783. The Morgan fingerprint density at radius 3 is 2.73 bits per heavy atom. The molecule has 0 saturated carbocycles. The molecule has 0 aliphatic rings. The van der Waals surface area contributed by atoms with Crippen molar-refractivity contribution >= 4 is 21.7 Å². The zero-order chi connectivity index (χ0) is 11.3. The van der Waals surface area contributed by atoms with Gasteiger partial charge in [-0.2, -0.15) is 0 Å². The maximum absolute atomic E-state index is 11.6. The van der Waals surface area contributed by atoms with E-state index in [1.165, 1.54) is 0 Å². The van der Waals surface area contributed by atoms with E-state index in [0.29, 0.717) is 17.9 Å². The van der Waals surface area contributed by atoms with Crippen LogP contribution in [0.5, 0.6) is 5.75 Å². The fourth-order valence-electron chi connectivity index (χ4n) is 1.12. The molecule has 3 nitrogen and oxygen atoms in total. The highest BCUT2D eigenvalue weighted by Crippen LogP contribution is 2.25. The molecule has 0 amide bonds. The number of rotatable bonds is 5. The molecule has 0 saturated heterocycles. The minimum atomic E-state index is -0.0276. The van der Waals surface area contributed by atoms with Crippen LogP contribution in [0.25, 0.3) is 0 Å². The van der Waals surface area contributed by atoms with Crippen LogP contribution in [-0.4, -0.2) is 26.1 Å². The topological polar surface area (TPSA) is 35.5 Å². The molecule has 0 unspecified atom stereocenters. The molecule has 1 rings (SSSR count). The second-order valence-electron chi connectivity index (χ2n) is 2.91. The number of carbonyl (C=O) groups excluding carboxylic acids is 1. The van der Waals surface area contributed by atoms with Gasteiger partial charge in [-0.25, -0.2) is 0 Å². The first-order valence-electron chi connectivity index (χ1n) is 4.63. The predicted octanol–water partition coefficient (Wildman–Crippen LogP) is 2.68. The third kappa shape index (κ3) is 3.32. The number of ketones is 1. The number of benzene rings is 1. The smallest absolute Gasteiger partial charge is 0.188 e. The molecule has 1 aromatic carbocycles. The highest BCUT2D eigenvalue weighted by Gasteiger charge is 2.08. The minimum Gasteiger partial charge on any atom is -0.496 e. The highest BCUT2D eigenvalue weighted by atomic mass is 79.9. The Morgan fingerprint density at radius 2 is 2.20 bits per heavy atom. The van der Waals surface area contributed by atoms with Crippen molar-refractivity contribution in [1.82, 2.24) is 0 Å². The van der Waals surface area contributed by atoms with Gasteiger partial charge in [-0.3, -0.25) is 4.79 Å². The fraction of sp³-hybridized carbons (Fsp3) is 0.364. The summed E-state index contributed by atoms with van der Waals surface area (Å²) >= 11 is 3.33. The van der Waals surface area contributed by atoms with E-state index >= 15 is 0 Å². The second-order valence-corrected chi connectivity index (χ2v) is 3.76. The first kappa shape index (κ1) is 12.2. The zero-order valence-electron chi connectivity index (χ0n) is 8.75. The summed E-state index contributed by atoms with van der Waals surface area (Å²) in [5, 5.41) is 0. The lowest BCUT2D eigenvalue weighted by atomic mass is 10.1. The van der Waals surface area contributed by atoms with E-state index in [0.717, 1.165) is 4.47 Å².